The van der Waals surface area contributed by atoms with E-state index < -0.39 is 29.4 Å². The normalized spacial score (nSPS) is 12.0. The molecule has 0 unspecified atom stereocenters. The maximum Gasteiger partial charge on any atom is 0.416 e. The van der Waals surface area contributed by atoms with E-state index in [-0.39, 0.29) is 29.4 Å². The predicted molar refractivity (Wildman–Crippen MR) is 106 cm³/mol. The van der Waals surface area contributed by atoms with Crippen LogP contribution in [0.15, 0.2) is 67.1 Å². The summed E-state index contributed by atoms with van der Waals surface area (Å²) in [6.45, 7) is 5.70. The molecular weight excluding hydrogens is 436 g/mol. The van der Waals surface area contributed by atoms with Gasteiger partial charge in [0.25, 0.3) is 5.91 Å². The number of carbonyl (C=O) groups is 1. The fourth-order valence-corrected chi connectivity index (χ4v) is 2.93. The van der Waals surface area contributed by atoms with Crippen LogP contribution in [0.2, 0.25) is 0 Å². The second kappa shape index (κ2) is 8.52. The van der Waals surface area contributed by atoms with Crippen molar-refractivity contribution in [2.24, 2.45) is 0 Å². The average Bonchev–Trinajstić information content (AvgIpc) is 3.20. The Morgan fingerprint density at radius 3 is 2.03 bits per heavy atom. The molecule has 1 heterocycles. The highest BCUT2D eigenvalue weighted by Crippen LogP contribution is 2.38. The lowest BCUT2D eigenvalue weighted by atomic mass is 9.99. The van der Waals surface area contributed by atoms with E-state index in [4.69, 9.17) is 0 Å². The number of aromatic nitrogens is 2. The van der Waals surface area contributed by atoms with E-state index in [0.717, 1.165) is 5.57 Å². The summed E-state index contributed by atoms with van der Waals surface area (Å²) in [6, 6.07) is 7.11. The molecule has 168 valence electrons. The molecule has 0 aliphatic carbocycles. The lowest BCUT2D eigenvalue weighted by Crippen LogP contribution is -2.26. The van der Waals surface area contributed by atoms with Crippen LogP contribution in [0.5, 0.6) is 0 Å². The van der Waals surface area contributed by atoms with Gasteiger partial charge >= 0.3 is 12.4 Å². The fraction of sp³-hybridized carbons (Fsp3) is 0.182. The van der Waals surface area contributed by atoms with Crippen LogP contribution in [0.4, 0.5) is 26.3 Å². The minimum absolute atomic E-state index is 0.0826. The monoisotopic (exact) mass is 453 g/mol. The third-order valence-electron chi connectivity index (χ3n) is 4.49. The Balaban J connectivity index is 1.96. The molecule has 3 aromatic rings. The van der Waals surface area contributed by atoms with Crippen molar-refractivity contribution in [3.05, 3.63) is 84.0 Å². The van der Waals surface area contributed by atoms with Crippen molar-refractivity contribution in [3.8, 4) is 16.8 Å². The zero-order chi connectivity index (χ0) is 23.7. The van der Waals surface area contributed by atoms with Crippen molar-refractivity contribution in [2.45, 2.75) is 19.3 Å². The van der Waals surface area contributed by atoms with Gasteiger partial charge in [0.15, 0.2) is 0 Å². The van der Waals surface area contributed by atoms with E-state index in [1.54, 1.807) is 6.92 Å². The molecular formula is C22H17F6N3O. The van der Waals surface area contributed by atoms with Gasteiger partial charge in [-0.3, -0.25) is 9.36 Å². The Hall–Kier alpha value is -3.56. The summed E-state index contributed by atoms with van der Waals surface area (Å²) >= 11 is 0. The molecule has 2 aromatic carbocycles. The van der Waals surface area contributed by atoms with E-state index in [9.17, 15) is 31.1 Å². The standard InChI is InChI=1S/C22H17F6N3O/c1-13(2)10-30-20(32)19-11-29-12-31(19)18-5-3-14(4-6-18)15-7-16(21(23,24)25)9-17(8-15)22(26,27)28/h3-9,11-12H,1,10H2,2H3,(H,30,32). The number of benzene rings is 2. The number of rotatable bonds is 5. The van der Waals surface area contributed by atoms with Gasteiger partial charge in [0.1, 0.15) is 5.69 Å². The SMILES string of the molecule is C=C(C)CNC(=O)c1cncn1-c1ccc(-c2cc(C(F)(F)F)cc(C(F)(F)F)c2)cc1. The van der Waals surface area contributed by atoms with Gasteiger partial charge in [-0.15, -0.1) is 0 Å². The van der Waals surface area contributed by atoms with Crippen LogP contribution in [-0.2, 0) is 12.4 Å². The van der Waals surface area contributed by atoms with E-state index in [0.29, 0.717) is 17.8 Å². The zero-order valence-corrected chi connectivity index (χ0v) is 16.7. The summed E-state index contributed by atoms with van der Waals surface area (Å²) < 4.78 is 80.1. The molecule has 0 aliphatic rings. The maximum atomic E-state index is 13.1. The number of halogens is 6. The first-order chi connectivity index (χ1) is 14.9. The highest BCUT2D eigenvalue weighted by molar-refractivity contribution is 5.93. The van der Waals surface area contributed by atoms with Crippen LogP contribution in [0, 0.1) is 0 Å². The van der Waals surface area contributed by atoms with E-state index in [2.05, 4.69) is 16.9 Å². The van der Waals surface area contributed by atoms with Gasteiger partial charge in [-0.1, -0.05) is 24.3 Å². The van der Waals surface area contributed by atoms with Crippen molar-refractivity contribution < 1.29 is 31.1 Å². The summed E-state index contributed by atoms with van der Waals surface area (Å²) in [4.78, 5) is 16.3. The molecule has 32 heavy (non-hydrogen) atoms. The van der Waals surface area contributed by atoms with Crippen LogP contribution in [0.25, 0.3) is 16.8 Å². The molecule has 1 aromatic heterocycles. The van der Waals surface area contributed by atoms with Gasteiger partial charge in [-0.05, 0) is 48.4 Å². The molecule has 0 saturated carbocycles. The summed E-state index contributed by atoms with van der Waals surface area (Å²) in [5, 5.41) is 2.66. The third kappa shape index (κ3) is 5.19. The number of carbonyl (C=O) groups excluding carboxylic acids is 1. The Bertz CT molecular complexity index is 1110. The highest BCUT2D eigenvalue weighted by atomic mass is 19.4. The smallest absolute Gasteiger partial charge is 0.347 e. The molecule has 0 spiro atoms. The van der Waals surface area contributed by atoms with Crippen LogP contribution in [0.3, 0.4) is 0 Å². The lowest BCUT2D eigenvalue weighted by Gasteiger charge is -2.15. The van der Waals surface area contributed by atoms with Crippen molar-refractivity contribution in [1.82, 2.24) is 14.9 Å². The van der Waals surface area contributed by atoms with Crippen molar-refractivity contribution in [2.75, 3.05) is 6.54 Å². The average molecular weight is 453 g/mol. The Kier molecular flexibility index (Phi) is 6.16. The van der Waals surface area contributed by atoms with Crippen LogP contribution in [-0.4, -0.2) is 22.0 Å². The first-order valence-corrected chi connectivity index (χ1v) is 9.21. The molecule has 0 fully saturated rings. The largest absolute Gasteiger partial charge is 0.416 e. The molecule has 1 amide bonds. The Morgan fingerprint density at radius 2 is 1.53 bits per heavy atom. The Labute approximate surface area is 179 Å². The second-order valence-corrected chi connectivity index (χ2v) is 7.13. The molecule has 0 aliphatic heterocycles. The van der Waals surface area contributed by atoms with Gasteiger partial charge in [0, 0.05) is 12.2 Å². The second-order valence-electron chi connectivity index (χ2n) is 7.13. The van der Waals surface area contributed by atoms with Gasteiger partial charge in [0.05, 0.1) is 23.7 Å². The molecule has 0 saturated heterocycles. The molecule has 10 heteroatoms. The number of nitrogens with one attached hydrogen (secondary N) is 1. The topological polar surface area (TPSA) is 46.9 Å². The summed E-state index contributed by atoms with van der Waals surface area (Å²) in [7, 11) is 0. The maximum absolute atomic E-state index is 13.1. The van der Waals surface area contributed by atoms with Crippen LogP contribution < -0.4 is 5.32 Å². The quantitative estimate of drug-likeness (QED) is 0.387. The van der Waals surface area contributed by atoms with Crippen molar-refractivity contribution in [1.29, 1.82) is 0 Å². The highest BCUT2D eigenvalue weighted by Gasteiger charge is 2.37. The van der Waals surface area contributed by atoms with Crippen molar-refractivity contribution in [3.63, 3.8) is 0 Å². The Morgan fingerprint density at radius 1 is 0.969 bits per heavy atom. The molecule has 0 bridgehead atoms. The minimum Gasteiger partial charge on any atom is -0.347 e. The number of alkyl halides is 6. The van der Waals surface area contributed by atoms with Gasteiger partial charge in [-0.25, -0.2) is 4.98 Å². The molecule has 0 radical (unpaired) electrons. The summed E-state index contributed by atoms with van der Waals surface area (Å²) in [6.07, 6.45) is -7.15. The molecule has 1 N–H and O–H groups in total. The van der Waals surface area contributed by atoms with Gasteiger partial charge < -0.3 is 5.32 Å². The van der Waals surface area contributed by atoms with E-state index in [1.807, 2.05) is 0 Å². The molecule has 0 atom stereocenters. The van der Waals surface area contributed by atoms with Crippen LogP contribution >= 0.6 is 0 Å². The third-order valence-corrected chi connectivity index (χ3v) is 4.49. The first-order valence-electron chi connectivity index (χ1n) is 9.21. The van der Waals surface area contributed by atoms with Gasteiger partial charge in [0.2, 0.25) is 0 Å². The molecule has 3 rings (SSSR count). The number of nitrogens with zero attached hydrogens (tertiary/aromatic N) is 2. The van der Waals surface area contributed by atoms with Crippen LogP contribution in [0.1, 0.15) is 28.5 Å². The number of amides is 1. The lowest BCUT2D eigenvalue weighted by molar-refractivity contribution is -0.143. The summed E-state index contributed by atoms with van der Waals surface area (Å²) in [5.74, 6) is -0.415. The van der Waals surface area contributed by atoms with E-state index in [1.165, 1.54) is 41.4 Å². The first kappa shape index (κ1) is 23.1. The number of hydrogen-bond donors (Lipinski definition) is 1. The fourth-order valence-electron chi connectivity index (χ4n) is 2.93. The zero-order valence-electron chi connectivity index (χ0n) is 16.7. The van der Waals surface area contributed by atoms with E-state index >= 15 is 0 Å². The summed E-state index contributed by atoms with van der Waals surface area (Å²) in [5.41, 5.74) is -1.46. The predicted octanol–water partition coefficient (Wildman–Crippen LogP) is 5.88. The van der Waals surface area contributed by atoms with Gasteiger partial charge in [-0.2, -0.15) is 26.3 Å². The number of imidazole rings is 1. The molecule has 4 nitrogen and oxygen atoms in total. The minimum atomic E-state index is -4.93. The number of hydrogen-bond acceptors (Lipinski definition) is 2. The van der Waals surface area contributed by atoms with Crippen molar-refractivity contribution >= 4 is 5.91 Å².